The average molecular weight is 490 g/mol. The third-order valence-electron chi connectivity index (χ3n) is 5.77. The number of nitrogens with one attached hydrogen (secondary N) is 1. The summed E-state index contributed by atoms with van der Waals surface area (Å²) in [6, 6.07) is 22.1. The molecule has 2 heterocycles. The summed E-state index contributed by atoms with van der Waals surface area (Å²) < 4.78 is 3.92. The van der Waals surface area contributed by atoms with Gasteiger partial charge in [-0.3, -0.25) is 18.7 Å². The Morgan fingerprint density at radius 2 is 1.68 bits per heavy atom. The first-order valence-corrected chi connectivity index (χ1v) is 11.9. The number of carbonyl (C=O) groups is 1. The summed E-state index contributed by atoms with van der Waals surface area (Å²) in [7, 11) is 0. The predicted octanol–water partition coefficient (Wildman–Crippen LogP) is 5.03. The Morgan fingerprint density at radius 1 is 0.941 bits per heavy atom. The molecular weight excluding hydrogens is 470 g/mol. The zero-order valence-electron chi connectivity index (χ0n) is 18.2. The fraction of sp³-hybridized carbons (Fsp3) is 0.115. The Hall–Kier alpha value is -3.68. The maximum Gasteiger partial charge on any atom is 0.332 e. The minimum absolute atomic E-state index is 0.123. The molecule has 5 aromatic rings. The van der Waals surface area contributed by atoms with E-state index in [0.717, 1.165) is 21.2 Å². The lowest BCUT2D eigenvalue weighted by Crippen LogP contribution is -2.41. The van der Waals surface area contributed by atoms with Gasteiger partial charge in [-0.25, -0.2) is 4.79 Å². The van der Waals surface area contributed by atoms with Gasteiger partial charge in [0, 0.05) is 20.8 Å². The number of benzene rings is 3. The van der Waals surface area contributed by atoms with Crippen LogP contribution in [0.15, 0.2) is 82.4 Å². The number of hydrogen-bond donors (Lipinski definition) is 1. The second kappa shape index (κ2) is 8.93. The molecule has 0 aliphatic carbocycles. The van der Waals surface area contributed by atoms with Crippen molar-refractivity contribution in [2.24, 2.45) is 0 Å². The van der Waals surface area contributed by atoms with Crippen LogP contribution >= 0.6 is 22.9 Å². The quantitative estimate of drug-likeness (QED) is 0.376. The van der Waals surface area contributed by atoms with Gasteiger partial charge >= 0.3 is 5.69 Å². The Labute approximate surface area is 203 Å². The lowest BCUT2D eigenvalue weighted by molar-refractivity contribution is -0.116. The molecule has 34 heavy (non-hydrogen) atoms. The summed E-state index contributed by atoms with van der Waals surface area (Å²) in [4.78, 5) is 40.0. The van der Waals surface area contributed by atoms with Crippen LogP contribution in [0.1, 0.15) is 11.1 Å². The Balaban J connectivity index is 1.66. The van der Waals surface area contributed by atoms with Crippen LogP contribution in [0.25, 0.3) is 20.3 Å². The van der Waals surface area contributed by atoms with Crippen molar-refractivity contribution >= 4 is 54.8 Å². The highest BCUT2D eigenvalue weighted by Gasteiger charge is 2.20. The molecular formula is C26H20ClN3O3S. The van der Waals surface area contributed by atoms with E-state index in [0.29, 0.717) is 20.9 Å². The van der Waals surface area contributed by atoms with Crippen molar-refractivity contribution in [1.82, 2.24) is 9.13 Å². The van der Waals surface area contributed by atoms with Crippen molar-refractivity contribution in [2.75, 3.05) is 5.32 Å². The van der Waals surface area contributed by atoms with E-state index in [2.05, 4.69) is 5.32 Å². The number of halogens is 1. The Bertz CT molecular complexity index is 1670. The molecule has 0 unspecified atom stereocenters. The standard InChI is InChI=1S/C26H20ClN3O3S/c1-16-19(27)11-7-12-20(16)28-22(31)15-29-23-18-10-5-6-13-21(18)34-24(23)25(32)30(26(29)33)14-17-8-3-2-4-9-17/h2-13H,14-15H2,1H3,(H,28,31). The number of hydrogen-bond acceptors (Lipinski definition) is 4. The van der Waals surface area contributed by atoms with Crippen molar-refractivity contribution in [2.45, 2.75) is 20.0 Å². The van der Waals surface area contributed by atoms with Gasteiger partial charge in [-0.05, 0) is 36.2 Å². The summed E-state index contributed by atoms with van der Waals surface area (Å²) >= 11 is 7.51. The minimum Gasteiger partial charge on any atom is -0.324 e. The first kappa shape index (κ1) is 22.1. The molecule has 0 aliphatic heterocycles. The van der Waals surface area contributed by atoms with Crippen molar-refractivity contribution in [1.29, 1.82) is 0 Å². The molecule has 2 aromatic heterocycles. The number of thiophene rings is 1. The van der Waals surface area contributed by atoms with Crippen LogP contribution in [0.4, 0.5) is 5.69 Å². The van der Waals surface area contributed by atoms with Crippen molar-refractivity contribution in [3.05, 3.63) is 110 Å². The lowest BCUT2D eigenvalue weighted by Gasteiger charge is -2.14. The van der Waals surface area contributed by atoms with Gasteiger partial charge in [-0.1, -0.05) is 66.2 Å². The number of anilines is 1. The Morgan fingerprint density at radius 3 is 2.47 bits per heavy atom. The molecule has 0 spiro atoms. The normalized spacial score (nSPS) is 11.2. The first-order chi connectivity index (χ1) is 16.4. The summed E-state index contributed by atoms with van der Waals surface area (Å²) in [5.74, 6) is -0.381. The van der Waals surface area contributed by atoms with E-state index in [-0.39, 0.29) is 24.6 Å². The van der Waals surface area contributed by atoms with Gasteiger partial charge in [-0.15, -0.1) is 11.3 Å². The van der Waals surface area contributed by atoms with Gasteiger partial charge in [0.05, 0.1) is 12.1 Å². The van der Waals surface area contributed by atoms with Crippen molar-refractivity contribution in [3.8, 4) is 0 Å². The highest BCUT2D eigenvalue weighted by Crippen LogP contribution is 2.31. The molecule has 3 aromatic carbocycles. The van der Waals surface area contributed by atoms with E-state index in [1.54, 1.807) is 18.2 Å². The van der Waals surface area contributed by atoms with Crippen molar-refractivity contribution < 1.29 is 4.79 Å². The van der Waals surface area contributed by atoms with Crippen LogP contribution in [0, 0.1) is 6.92 Å². The molecule has 0 saturated heterocycles. The van der Waals surface area contributed by atoms with E-state index >= 15 is 0 Å². The summed E-state index contributed by atoms with van der Waals surface area (Å²) in [5.41, 5.74) is 1.75. The SMILES string of the molecule is Cc1c(Cl)cccc1NC(=O)Cn1c(=O)n(Cc2ccccc2)c(=O)c2sc3ccccc3c21. The van der Waals surface area contributed by atoms with Crippen LogP contribution in [0.5, 0.6) is 0 Å². The number of amides is 1. The molecule has 8 heteroatoms. The van der Waals surface area contributed by atoms with Gasteiger partial charge in [0.1, 0.15) is 11.2 Å². The molecule has 170 valence electrons. The number of rotatable bonds is 5. The van der Waals surface area contributed by atoms with Crippen LogP contribution in [0.2, 0.25) is 5.02 Å². The van der Waals surface area contributed by atoms with Crippen LogP contribution in [0.3, 0.4) is 0 Å². The van der Waals surface area contributed by atoms with Gasteiger partial charge in [0.25, 0.3) is 5.56 Å². The Kier molecular flexibility index (Phi) is 5.81. The molecule has 0 aliphatic rings. The fourth-order valence-corrected chi connectivity index (χ4v) is 5.35. The molecule has 1 amide bonds. The largest absolute Gasteiger partial charge is 0.332 e. The van der Waals surface area contributed by atoms with Gasteiger partial charge in [0.2, 0.25) is 5.91 Å². The van der Waals surface area contributed by atoms with E-state index < -0.39 is 5.69 Å². The molecule has 6 nitrogen and oxygen atoms in total. The third kappa shape index (κ3) is 3.93. The van der Waals surface area contributed by atoms with Gasteiger partial charge in [0.15, 0.2) is 0 Å². The fourth-order valence-electron chi connectivity index (χ4n) is 4.02. The lowest BCUT2D eigenvalue weighted by atomic mass is 10.2. The van der Waals surface area contributed by atoms with Crippen LogP contribution < -0.4 is 16.6 Å². The number of nitrogens with zero attached hydrogens (tertiary/aromatic N) is 2. The number of aromatic nitrogens is 2. The van der Waals surface area contributed by atoms with E-state index in [1.807, 2.05) is 61.5 Å². The summed E-state index contributed by atoms with van der Waals surface area (Å²) in [6.45, 7) is 1.70. The second-order valence-corrected chi connectivity index (χ2v) is 9.44. The zero-order chi connectivity index (χ0) is 23.8. The molecule has 0 radical (unpaired) electrons. The van der Waals surface area contributed by atoms with E-state index in [9.17, 15) is 14.4 Å². The predicted molar refractivity (Wildman–Crippen MR) is 138 cm³/mol. The minimum atomic E-state index is -0.525. The average Bonchev–Trinajstić information content (AvgIpc) is 3.23. The van der Waals surface area contributed by atoms with E-state index in [4.69, 9.17) is 11.6 Å². The van der Waals surface area contributed by atoms with Crippen LogP contribution in [-0.4, -0.2) is 15.0 Å². The van der Waals surface area contributed by atoms with Crippen molar-refractivity contribution in [3.63, 3.8) is 0 Å². The molecule has 0 saturated carbocycles. The van der Waals surface area contributed by atoms with Gasteiger partial charge in [-0.2, -0.15) is 0 Å². The topological polar surface area (TPSA) is 73.1 Å². The smallest absolute Gasteiger partial charge is 0.324 e. The molecule has 1 N–H and O–H groups in total. The third-order valence-corrected chi connectivity index (χ3v) is 7.32. The molecule has 0 atom stereocenters. The second-order valence-electron chi connectivity index (χ2n) is 7.98. The highest BCUT2D eigenvalue weighted by molar-refractivity contribution is 7.25. The highest BCUT2D eigenvalue weighted by atomic mass is 35.5. The zero-order valence-corrected chi connectivity index (χ0v) is 19.8. The first-order valence-electron chi connectivity index (χ1n) is 10.7. The molecule has 0 fully saturated rings. The number of fused-ring (bicyclic) bond motifs is 3. The number of carbonyl (C=O) groups excluding carboxylic acids is 1. The summed E-state index contributed by atoms with van der Waals surface area (Å²) in [6.07, 6.45) is 0. The monoisotopic (exact) mass is 489 g/mol. The maximum atomic E-state index is 13.6. The molecule has 5 rings (SSSR count). The molecule has 0 bridgehead atoms. The van der Waals surface area contributed by atoms with Crippen LogP contribution in [-0.2, 0) is 17.9 Å². The van der Waals surface area contributed by atoms with E-state index in [1.165, 1.54) is 20.5 Å². The van der Waals surface area contributed by atoms with Gasteiger partial charge < -0.3 is 5.32 Å². The summed E-state index contributed by atoms with van der Waals surface area (Å²) in [5, 5.41) is 4.16. The maximum absolute atomic E-state index is 13.6.